The summed E-state index contributed by atoms with van der Waals surface area (Å²) < 4.78 is 0. The molecule has 2 heteroatoms. The topological polar surface area (TPSA) is 29.3 Å². The highest BCUT2D eigenvalue weighted by molar-refractivity contribution is 4.86. The van der Waals surface area contributed by atoms with Crippen LogP contribution in [0.4, 0.5) is 0 Å². The first-order valence-electron chi connectivity index (χ1n) is 4.11. The fourth-order valence-corrected chi connectivity index (χ4v) is 1.30. The van der Waals surface area contributed by atoms with Gasteiger partial charge in [0, 0.05) is 25.2 Å². The zero-order valence-corrected chi connectivity index (χ0v) is 7.17. The van der Waals surface area contributed by atoms with Crippen LogP contribution in [0.1, 0.15) is 20.8 Å². The van der Waals surface area contributed by atoms with Gasteiger partial charge in [-0.25, -0.2) is 0 Å². The maximum atomic E-state index is 5.67. The van der Waals surface area contributed by atoms with Gasteiger partial charge in [0.2, 0.25) is 0 Å². The number of nitrogens with two attached hydrogens (primary N) is 1. The Morgan fingerprint density at radius 1 is 1.30 bits per heavy atom. The summed E-state index contributed by atoms with van der Waals surface area (Å²) in [6.45, 7) is 8.98. The Bertz CT molecular complexity index is 106. The minimum atomic E-state index is 0.446. The molecule has 0 aromatic carbocycles. The van der Waals surface area contributed by atoms with Crippen LogP contribution in [0.25, 0.3) is 0 Å². The summed E-state index contributed by atoms with van der Waals surface area (Å²) in [5.41, 5.74) is 5.67. The molecule has 1 rings (SSSR count). The molecule has 0 bridgehead atoms. The number of rotatable bonds is 2. The molecule has 1 saturated heterocycles. The molecule has 2 nitrogen and oxygen atoms in total. The average molecular weight is 142 g/mol. The van der Waals surface area contributed by atoms with Gasteiger partial charge in [-0.2, -0.15) is 0 Å². The minimum Gasteiger partial charge on any atom is -0.325 e. The van der Waals surface area contributed by atoms with Crippen LogP contribution in [-0.2, 0) is 0 Å². The van der Waals surface area contributed by atoms with Crippen LogP contribution in [0.2, 0.25) is 0 Å². The Balaban J connectivity index is 2.24. The monoisotopic (exact) mass is 142 g/mol. The molecule has 1 fully saturated rings. The van der Waals surface area contributed by atoms with Crippen LogP contribution >= 0.6 is 0 Å². The first-order valence-corrected chi connectivity index (χ1v) is 4.11. The molecule has 1 atom stereocenters. The quantitative estimate of drug-likeness (QED) is 0.614. The number of likely N-dealkylation sites (tertiary alicyclic amines) is 1. The first-order chi connectivity index (χ1) is 4.61. The second-order valence-electron chi connectivity index (χ2n) is 3.70. The highest BCUT2D eigenvalue weighted by Gasteiger charge is 2.28. The predicted octanol–water partition coefficient (Wildman–Crippen LogP) is 0.674. The van der Waals surface area contributed by atoms with Crippen molar-refractivity contribution in [2.24, 2.45) is 11.7 Å². The molecule has 2 N–H and O–H groups in total. The largest absolute Gasteiger partial charge is 0.325 e. The zero-order valence-electron chi connectivity index (χ0n) is 7.17. The van der Waals surface area contributed by atoms with E-state index in [1.165, 1.54) is 0 Å². The second-order valence-corrected chi connectivity index (χ2v) is 3.70. The molecule has 0 saturated carbocycles. The third kappa shape index (κ3) is 1.50. The second kappa shape index (κ2) is 2.89. The van der Waals surface area contributed by atoms with Crippen LogP contribution in [0.5, 0.6) is 0 Å². The molecule has 10 heavy (non-hydrogen) atoms. The van der Waals surface area contributed by atoms with Gasteiger partial charge in [-0.05, 0) is 12.8 Å². The summed E-state index contributed by atoms with van der Waals surface area (Å²) in [4.78, 5) is 2.44. The third-order valence-electron chi connectivity index (χ3n) is 2.48. The summed E-state index contributed by atoms with van der Waals surface area (Å²) in [6.07, 6.45) is 0. The molecule has 1 aliphatic rings. The highest BCUT2D eigenvalue weighted by atomic mass is 15.2. The number of hydrogen-bond acceptors (Lipinski definition) is 2. The van der Waals surface area contributed by atoms with Crippen molar-refractivity contribution in [3.05, 3.63) is 0 Å². The molecule has 0 radical (unpaired) electrons. The van der Waals surface area contributed by atoms with E-state index in [2.05, 4.69) is 25.7 Å². The molecule has 0 aromatic rings. The first kappa shape index (κ1) is 8.02. The van der Waals surface area contributed by atoms with E-state index in [1.807, 2.05) is 0 Å². The molecule has 60 valence electrons. The average Bonchev–Trinajstić information content (AvgIpc) is 1.79. The van der Waals surface area contributed by atoms with Crippen LogP contribution in [0.15, 0.2) is 0 Å². The van der Waals surface area contributed by atoms with Crippen molar-refractivity contribution >= 4 is 0 Å². The Morgan fingerprint density at radius 3 is 2.10 bits per heavy atom. The van der Waals surface area contributed by atoms with Gasteiger partial charge >= 0.3 is 0 Å². The number of nitrogens with zero attached hydrogens (tertiary/aromatic N) is 1. The predicted molar refractivity (Wildman–Crippen MR) is 43.8 cm³/mol. The van der Waals surface area contributed by atoms with Gasteiger partial charge in [-0.1, -0.05) is 13.8 Å². The van der Waals surface area contributed by atoms with Crippen molar-refractivity contribution in [2.45, 2.75) is 32.9 Å². The van der Waals surface area contributed by atoms with E-state index in [1.54, 1.807) is 0 Å². The van der Waals surface area contributed by atoms with E-state index in [-0.39, 0.29) is 0 Å². The van der Waals surface area contributed by atoms with E-state index < -0.39 is 0 Å². The van der Waals surface area contributed by atoms with Crippen LogP contribution in [0, 0.1) is 5.92 Å². The van der Waals surface area contributed by atoms with Gasteiger partial charge in [0.25, 0.3) is 0 Å². The Kier molecular flexibility index (Phi) is 2.32. The molecular weight excluding hydrogens is 124 g/mol. The standard InChI is InChI=1S/C8H18N2/c1-6(2)7(3)10-4-8(9)5-10/h6-8H,4-5,9H2,1-3H3/t7-/m1/s1. The van der Waals surface area contributed by atoms with Crippen molar-refractivity contribution in [3.8, 4) is 0 Å². The smallest absolute Gasteiger partial charge is 0.0297 e. The van der Waals surface area contributed by atoms with Crippen molar-refractivity contribution in [2.75, 3.05) is 13.1 Å². The zero-order chi connectivity index (χ0) is 7.72. The fourth-order valence-electron chi connectivity index (χ4n) is 1.30. The van der Waals surface area contributed by atoms with Gasteiger partial charge in [-0.3, -0.25) is 4.90 Å². The van der Waals surface area contributed by atoms with Gasteiger partial charge in [-0.15, -0.1) is 0 Å². The molecule has 0 amide bonds. The lowest BCUT2D eigenvalue weighted by molar-refractivity contribution is 0.0782. The molecule has 0 aliphatic carbocycles. The van der Waals surface area contributed by atoms with Gasteiger partial charge in [0.15, 0.2) is 0 Å². The van der Waals surface area contributed by atoms with E-state index >= 15 is 0 Å². The minimum absolute atomic E-state index is 0.446. The molecule has 1 aliphatic heterocycles. The van der Waals surface area contributed by atoms with Crippen molar-refractivity contribution < 1.29 is 0 Å². The Labute approximate surface area is 63.4 Å². The van der Waals surface area contributed by atoms with Crippen LogP contribution in [0.3, 0.4) is 0 Å². The van der Waals surface area contributed by atoms with E-state index in [0.717, 1.165) is 19.0 Å². The normalized spacial score (nSPS) is 24.9. The van der Waals surface area contributed by atoms with Crippen LogP contribution < -0.4 is 5.73 Å². The molecule has 0 aromatic heterocycles. The van der Waals surface area contributed by atoms with Crippen molar-refractivity contribution in [1.82, 2.24) is 4.90 Å². The van der Waals surface area contributed by atoms with Crippen LogP contribution in [-0.4, -0.2) is 30.1 Å². The lowest BCUT2D eigenvalue weighted by Gasteiger charge is -2.42. The lowest BCUT2D eigenvalue weighted by Crippen LogP contribution is -2.59. The molecule has 0 unspecified atom stereocenters. The Hall–Kier alpha value is -0.0800. The highest BCUT2D eigenvalue weighted by Crippen LogP contribution is 2.16. The maximum absolute atomic E-state index is 5.67. The molecular formula is C8H18N2. The van der Waals surface area contributed by atoms with Crippen molar-refractivity contribution in [3.63, 3.8) is 0 Å². The molecule has 0 spiro atoms. The van der Waals surface area contributed by atoms with E-state index in [0.29, 0.717) is 12.1 Å². The summed E-state index contributed by atoms with van der Waals surface area (Å²) >= 11 is 0. The fraction of sp³-hybridized carbons (Fsp3) is 1.00. The summed E-state index contributed by atoms with van der Waals surface area (Å²) in [7, 11) is 0. The summed E-state index contributed by atoms with van der Waals surface area (Å²) in [5, 5.41) is 0. The SMILES string of the molecule is CC(C)[C@@H](C)N1CC(N)C1. The van der Waals surface area contributed by atoms with Gasteiger partial charge in [0.05, 0.1) is 0 Å². The van der Waals surface area contributed by atoms with Crippen molar-refractivity contribution in [1.29, 1.82) is 0 Å². The van der Waals surface area contributed by atoms with E-state index in [9.17, 15) is 0 Å². The van der Waals surface area contributed by atoms with Gasteiger partial charge in [0.1, 0.15) is 0 Å². The molecule has 1 heterocycles. The summed E-state index contributed by atoms with van der Waals surface area (Å²) in [5.74, 6) is 0.757. The maximum Gasteiger partial charge on any atom is 0.0297 e. The van der Waals surface area contributed by atoms with E-state index in [4.69, 9.17) is 5.73 Å². The number of hydrogen-bond donors (Lipinski definition) is 1. The van der Waals surface area contributed by atoms with Gasteiger partial charge < -0.3 is 5.73 Å². The summed E-state index contributed by atoms with van der Waals surface area (Å²) in [6, 6.07) is 1.15. The third-order valence-corrected chi connectivity index (χ3v) is 2.48. The lowest BCUT2D eigenvalue weighted by atomic mass is 9.99. The Morgan fingerprint density at radius 2 is 1.80 bits per heavy atom.